The molecule has 0 bridgehead atoms. The van der Waals surface area contributed by atoms with Crippen molar-refractivity contribution in [2.45, 2.75) is 26.4 Å². The topological polar surface area (TPSA) is 76.5 Å². The van der Waals surface area contributed by atoms with Crippen LogP contribution in [0.25, 0.3) is 11.3 Å². The number of nitrogens with one attached hydrogen (secondary N) is 1. The van der Waals surface area contributed by atoms with E-state index in [2.05, 4.69) is 20.4 Å². The van der Waals surface area contributed by atoms with Gasteiger partial charge in [-0.15, -0.1) is 0 Å². The molecule has 0 fully saturated rings. The number of nitrogens with zero attached hydrogens (tertiary/aromatic N) is 3. The van der Waals surface area contributed by atoms with Crippen molar-refractivity contribution in [3.05, 3.63) is 41.7 Å². The number of hydrogen-bond donors (Lipinski definition) is 1. The van der Waals surface area contributed by atoms with Crippen molar-refractivity contribution >= 4 is 17.3 Å². The van der Waals surface area contributed by atoms with Crippen LogP contribution in [0.5, 0.6) is 0 Å². The number of oxime groups is 1. The van der Waals surface area contributed by atoms with Crippen LogP contribution in [0, 0.1) is 6.92 Å². The van der Waals surface area contributed by atoms with Gasteiger partial charge >= 0.3 is 0 Å². The number of Topliss-reactive ketones (excluding diaryl/α,β-unsaturated/α-hetero) is 1. The van der Waals surface area contributed by atoms with Crippen LogP contribution in [0.3, 0.4) is 0 Å². The number of hydrogen-bond acceptors (Lipinski definition) is 6. The zero-order chi connectivity index (χ0) is 16.6. The number of rotatable bonds is 3. The smallest absolute Gasteiger partial charge is 0.230 e. The Bertz CT molecular complexity index is 795. The summed E-state index contributed by atoms with van der Waals surface area (Å²) in [6.07, 6.45) is 3.38. The van der Waals surface area contributed by atoms with E-state index in [1.165, 1.54) is 0 Å². The highest BCUT2D eigenvalue weighted by Crippen LogP contribution is 2.27. The predicted molar refractivity (Wildman–Crippen MR) is 88.5 cm³/mol. The number of anilines is 1. The summed E-state index contributed by atoms with van der Waals surface area (Å²) >= 11 is 0. The van der Waals surface area contributed by atoms with Crippen molar-refractivity contribution in [3.63, 3.8) is 0 Å². The van der Waals surface area contributed by atoms with Gasteiger partial charge in [-0.2, -0.15) is 0 Å². The Labute approximate surface area is 134 Å². The third kappa shape index (κ3) is 2.67. The van der Waals surface area contributed by atoms with Gasteiger partial charge in [0, 0.05) is 18.2 Å². The molecule has 1 aromatic heterocycles. The highest BCUT2D eigenvalue weighted by atomic mass is 16.7. The lowest BCUT2D eigenvalue weighted by Gasteiger charge is -2.12. The van der Waals surface area contributed by atoms with E-state index in [1.807, 2.05) is 25.1 Å². The van der Waals surface area contributed by atoms with Gasteiger partial charge in [0.1, 0.15) is 5.82 Å². The maximum atomic E-state index is 12.4. The molecule has 118 valence electrons. The van der Waals surface area contributed by atoms with Gasteiger partial charge in [-0.05, 0) is 32.4 Å². The molecule has 0 aliphatic carbocycles. The first-order valence-electron chi connectivity index (χ1n) is 7.34. The quantitative estimate of drug-likeness (QED) is 0.943. The molecule has 2 heterocycles. The molecule has 6 heteroatoms. The average molecular weight is 310 g/mol. The Morgan fingerprint density at radius 3 is 2.52 bits per heavy atom. The van der Waals surface area contributed by atoms with E-state index >= 15 is 0 Å². The van der Waals surface area contributed by atoms with Crippen LogP contribution in [0.2, 0.25) is 0 Å². The molecule has 1 aliphatic heterocycles. The minimum atomic E-state index is -0.908. The summed E-state index contributed by atoms with van der Waals surface area (Å²) in [4.78, 5) is 26.3. The van der Waals surface area contributed by atoms with E-state index in [-0.39, 0.29) is 5.78 Å². The molecule has 0 radical (unpaired) electrons. The second kappa shape index (κ2) is 5.46. The Morgan fingerprint density at radius 2 is 1.96 bits per heavy atom. The highest BCUT2D eigenvalue weighted by Gasteiger charge is 2.40. The van der Waals surface area contributed by atoms with E-state index in [1.54, 1.807) is 33.3 Å². The van der Waals surface area contributed by atoms with Crippen LogP contribution in [0.15, 0.2) is 35.7 Å². The number of aryl methyl sites for hydroxylation is 1. The molecule has 0 atom stereocenters. The predicted octanol–water partition coefficient (Wildman–Crippen LogP) is 2.58. The lowest BCUT2D eigenvalue weighted by molar-refractivity contribution is -0.128. The van der Waals surface area contributed by atoms with Crippen molar-refractivity contribution in [1.82, 2.24) is 9.97 Å². The second-order valence-electron chi connectivity index (χ2n) is 5.94. The molecule has 6 nitrogen and oxygen atoms in total. The fourth-order valence-electron chi connectivity index (χ4n) is 2.35. The van der Waals surface area contributed by atoms with Gasteiger partial charge in [-0.25, -0.2) is 4.98 Å². The van der Waals surface area contributed by atoms with Crippen LogP contribution in [-0.2, 0) is 9.63 Å². The SMILES string of the molecule is CNc1cnc(-c2cc(C3=NOC(C)(C)C3=O)ccc2C)cn1. The van der Waals surface area contributed by atoms with Crippen molar-refractivity contribution in [2.75, 3.05) is 12.4 Å². The largest absolute Gasteiger partial charge is 0.381 e. The molecule has 23 heavy (non-hydrogen) atoms. The van der Waals surface area contributed by atoms with Gasteiger partial charge in [0.25, 0.3) is 0 Å². The fraction of sp³-hybridized carbons (Fsp3) is 0.294. The van der Waals surface area contributed by atoms with Crippen molar-refractivity contribution < 1.29 is 9.63 Å². The summed E-state index contributed by atoms with van der Waals surface area (Å²) in [5.41, 5.74) is 2.87. The molecule has 1 aliphatic rings. The van der Waals surface area contributed by atoms with Gasteiger partial charge < -0.3 is 10.2 Å². The highest BCUT2D eigenvalue weighted by molar-refractivity contribution is 6.49. The molecule has 0 amide bonds. The number of carbonyl (C=O) groups excluding carboxylic acids is 1. The minimum Gasteiger partial charge on any atom is -0.381 e. The number of carbonyl (C=O) groups is 1. The van der Waals surface area contributed by atoms with E-state index < -0.39 is 5.60 Å². The summed E-state index contributed by atoms with van der Waals surface area (Å²) in [5.74, 6) is 0.581. The first kappa shape index (κ1) is 15.1. The van der Waals surface area contributed by atoms with Crippen LogP contribution < -0.4 is 5.32 Å². The van der Waals surface area contributed by atoms with Gasteiger partial charge in [0.2, 0.25) is 5.78 Å². The maximum Gasteiger partial charge on any atom is 0.230 e. The van der Waals surface area contributed by atoms with Gasteiger partial charge in [-0.3, -0.25) is 9.78 Å². The van der Waals surface area contributed by atoms with Crippen molar-refractivity contribution in [2.24, 2.45) is 5.16 Å². The van der Waals surface area contributed by atoms with E-state index in [0.29, 0.717) is 11.5 Å². The lowest BCUT2D eigenvalue weighted by Crippen LogP contribution is -2.33. The molecule has 0 saturated heterocycles. The number of benzene rings is 1. The van der Waals surface area contributed by atoms with E-state index in [4.69, 9.17) is 4.84 Å². The normalized spacial score (nSPS) is 16.0. The zero-order valence-electron chi connectivity index (χ0n) is 13.5. The van der Waals surface area contributed by atoms with Crippen LogP contribution in [0.1, 0.15) is 25.0 Å². The number of aromatic nitrogens is 2. The van der Waals surface area contributed by atoms with Crippen molar-refractivity contribution in [1.29, 1.82) is 0 Å². The third-order valence-corrected chi connectivity index (χ3v) is 3.82. The average Bonchev–Trinajstić information content (AvgIpc) is 2.82. The molecule has 2 aromatic rings. The molecule has 1 N–H and O–H groups in total. The van der Waals surface area contributed by atoms with Crippen LogP contribution in [-0.4, -0.2) is 34.1 Å². The Hall–Kier alpha value is -2.76. The lowest BCUT2D eigenvalue weighted by atomic mass is 9.93. The molecular formula is C17H18N4O2. The van der Waals surface area contributed by atoms with E-state index in [9.17, 15) is 4.79 Å². The summed E-state index contributed by atoms with van der Waals surface area (Å²) < 4.78 is 0. The summed E-state index contributed by atoms with van der Waals surface area (Å²) in [5, 5.41) is 6.89. The standard InChI is InChI=1S/C17H18N4O2/c1-10-5-6-11(15-16(22)17(2,3)23-21-15)7-12(10)13-8-20-14(18-4)9-19-13/h5-9H,1-4H3,(H,18,20). The van der Waals surface area contributed by atoms with Gasteiger partial charge in [-0.1, -0.05) is 17.3 Å². The Balaban J connectivity index is 2.01. The van der Waals surface area contributed by atoms with Crippen LogP contribution in [0.4, 0.5) is 5.82 Å². The van der Waals surface area contributed by atoms with Gasteiger partial charge in [0.05, 0.1) is 18.1 Å². The molecule has 0 spiro atoms. The first-order chi connectivity index (χ1) is 10.9. The second-order valence-corrected chi connectivity index (χ2v) is 5.94. The van der Waals surface area contributed by atoms with Crippen molar-refractivity contribution in [3.8, 4) is 11.3 Å². The third-order valence-electron chi connectivity index (χ3n) is 3.82. The molecule has 0 saturated carbocycles. The zero-order valence-corrected chi connectivity index (χ0v) is 13.5. The Morgan fingerprint density at radius 1 is 1.17 bits per heavy atom. The fourth-order valence-corrected chi connectivity index (χ4v) is 2.35. The molecular weight excluding hydrogens is 292 g/mol. The first-order valence-corrected chi connectivity index (χ1v) is 7.34. The Kier molecular flexibility index (Phi) is 3.60. The summed E-state index contributed by atoms with van der Waals surface area (Å²) in [6.45, 7) is 5.41. The van der Waals surface area contributed by atoms with Gasteiger partial charge in [0.15, 0.2) is 11.3 Å². The summed E-state index contributed by atoms with van der Waals surface area (Å²) in [6, 6.07) is 5.72. The monoisotopic (exact) mass is 310 g/mol. The number of ketones is 1. The van der Waals surface area contributed by atoms with E-state index in [0.717, 1.165) is 22.4 Å². The van der Waals surface area contributed by atoms with Crippen LogP contribution >= 0.6 is 0 Å². The molecule has 1 aromatic carbocycles. The molecule has 3 rings (SSSR count). The molecule has 0 unspecified atom stereocenters. The summed E-state index contributed by atoms with van der Waals surface area (Å²) in [7, 11) is 1.79. The maximum absolute atomic E-state index is 12.4. The minimum absolute atomic E-state index is 0.121.